The number of anilines is 1. The van der Waals surface area contributed by atoms with E-state index in [-0.39, 0.29) is 5.92 Å². The van der Waals surface area contributed by atoms with Gasteiger partial charge in [0.05, 0.1) is 12.0 Å². The molecule has 0 aliphatic carbocycles. The Morgan fingerprint density at radius 3 is 2.33 bits per heavy atom. The van der Waals surface area contributed by atoms with E-state index in [0.29, 0.717) is 6.54 Å². The van der Waals surface area contributed by atoms with Crippen LogP contribution in [-0.2, 0) is 0 Å². The number of rotatable bonds is 4. The maximum atomic E-state index is 9.34. The monoisotopic (exact) mass is 272 g/mol. The van der Waals surface area contributed by atoms with Gasteiger partial charge in [-0.2, -0.15) is 5.26 Å². The second-order valence-corrected chi connectivity index (χ2v) is 5.04. The van der Waals surface area contributed by atoms with Crippen LogP contribution in [0.3, 0.4) is 0 Å². The highest BCUT2D eigenvalue weighted by atomic mass is 14.9. The van der Waals surface area contributed by atoms with Crippen molar-refractivity contribution in [3.63, 3.8) is 0 Å². The zero-order valence-corrected chi connectivity index (χ0v) is 11.7. The van der Waals surface area contributed by atoms with E-state index in [9.17, 15) is 5.26 Å². The third-order valence-corrected chi connectivity index (χ3v) is 3.62. The van der Waals surface area contributed by atoms with Crippen LogP contribution in [0.5, 0.6) is 0 Å². The van der Waals surface area contributed by atoms with Crippen molar-refractivity contribution in [3.05, 3.63) is 78.4 Å². The lowest BCUT2D eigenvalue weighted by atomic mass is 10.0. The molecule has 3 aromatic carbocycles. The molecule has 0 saturated heterocycles. The highest BCUT2D eigenvalue weighted by Crippen LogP contribution is 2.20. The van der Waals surface area contributed by atoms with Gasteiger partial charge in [0.1, 0.15) is 0 Å². The summed E-state index contributed by atoms with van der Waals surface area (Å²) in [5.41, 5.74) is 2.10. The molecule has 0 saturated carbocycles. The summed E-state index contributed by atoms with van der Waals surface area (Å²) in [6.45, 7) is 0.610. The van der Waals surface area contributed by atoms with Crippen LogP contribution < -0.4 is 5.32 Å². The third-order valence-electron chi connectivity index (χ3n) is 3.62. The van der Waals surface area contributed by atoms with Crippen LogP contribution in [0.15, 0.2) is 72.8 Å². The van der Waals surface area contributed by atoms with Crippen molar-refractivity contribution in [1.29, 1.82) is 5.26 Å². The minimum absolute atomic E-state index is 0.141. The molecule has 2 nitrogen and oxygen atoms in total. The lowest BCUT2D eigenvalue weighted by Crippen LogP contribution is -2.11. The summed E-state index contributed by atoms with van der Waals surface area (Å²) in [6, 6.07) is 26.8. The van der Waals surface area contributed by atoms with Crippen molar-refractivity contribution in [1.82, 2.24) is 0 Å². The van der Waals surface area contributed by atoms with E-state index < -0.39 is 0 Å². The van der Waals surface area contributed by atoms with Crippen LogP contribution in [0.1, 0.15) is 11.5 Å². The van der Waals surface area contributed by atoms with Crippen molar-refractivity contribution in [3.8, 4) is 6.07 Å². The van der Waals surface area contributed by atoms with Crippen LogP contribution in [-0.4, -0.2) is 6.54 Å². The van der Waals surface area contributed by atoms with Crippen LogP contribution in [0, 0.1) is 11.3 Å². The van der Waals surface area contributed by atoms with Crippen molar-refractivity contribution in [2.45, 2.75) is 5.92 Å². The quantitative estimate of drug-likeness (QED) is 0.755. The zero-order valence-electron chi connectivity index (χ0n) is 11.7. The molecular formula is C19H16N2. The first-order valence-corrected chi connectivity index (χ1v) is 7.04. The van der Waals surface area contributed by atoms with Crippen LogP contribution in [0.25, 0.3) is 10.8 Å². The molecule has 1 atom stereocenters. The first kappa shape index (κ1) is 13.2. The molecule has 0 amide bonds. The first-order valence-electron chi connectivity index (χ1n) is 7.04. The van der Waals surface area contributed by atoms with E-state index in [2.05, 4.69) is 41.7 Å². The number of hydrogen-bond donors (Lipinski definition) is 1. The van der Waals surface area contributed by atoms with E-state index in [4.69, 9.17) is 0 Å². The van der Waals surface area contributed by atoms with Crippen LogP contribution in [0.4, 0.5) is 5.69 Å². The molecular weight excluding hydrogens is 256 g/mol. The molecule has 0 spiro atoms. The molecule has 2 heteroatoms. The van der Waals surface area contributed by atoms with Crippen LogP contribution >= 0.6 is 0 Å². The summed E-state index contributed by atoms with van der Waals surface area (Å²) >= 11 is 0. The van der Waals surface area contributed by atoms with E-state index in [1.165, 1.54) is 10.8 Å². The molecule has 0 fully saturated rings. The fourth-order valence-electron chi connectivity index (χ4n) is 2.44. The van der Waals surface area contributed by atoms with Gasteiger partial charge in [-0.3, -0.25) is 0 Å². The molecule has 0 aliphatic heterocycles. The maximum Gasteiger partial charge on any atom is 0.0885 e. The average molecular weight is 272 g/mol. The van der Waals surface area contributed by atoms with Crippen LogP contribution in [0.2, 0.25) is 0 Å². The number of benzene rings is 3. The topological polar surface area (TPSA) is 35.8 Å². The largest absolute Gasteiger partial charge is 0.383 e. The van der Waals surface area contributed by atoms with E-state index >= 15 is 0 Å². The lowest BCUT2D eigenvalue weighted by Gasteiger charge is -2.12. The Balaban J connectivity index is 1.75. The number of nitrogens with zero attached hydrogens (tertiary/aromatic N) is 1. The number of fused-ring (bicyclic) bond motifs is 1. The molecule has 3 aromatic rings. The summed E-state index contributed by atoms with van der Waals surface area (Å²) in [6.07, 6.45) is 0. The van der Waals surface area contributed by atoms with Gasteiger partial charge in [0.2, 0.25) is 0 Å². The lowest BCUT2D eigenvalue weighted by molar-refractivity contribution is 0.901. The van der Waals surface area contributed by atoms with Crippen molar-refractivity contribution in [2.75, 3.05) is 11.9 Å². The van der Waals surface area contributed by atoms with E-state index in [1.807, 2.05) is 42.5 Å². The van der Waals surface area contributed by atoms with Crippen molar-refractivity contribution in [2.24, 2.45) is 0 Å². The first-order chi connectivity index (χ1) is 10.4. The Kier molecular flexibility index (Phi) is 3.84. The molecule has 102 valence electrons. The molecule has 0 radical (unpaired) electrons. The second kappa shape index (κ2) is 6.11. The molecule has 0 aromatic heterocycles. The minimum Gasteiger partial charge on any atom is -0.383 e. The van der Waals surface area contributed by atoms with Gasteiger partial charge in [-0.15, -0.1) is 0 Å². The fourth-order valence-corrected chi connectivity index (χ4v) is 2.44. The van der Waals surface area contributed by atoms with E-state index in [0.717, 1.165) is 11.3 Å². The highest BCUT2D eigenvalue weighted by Gasteiger charge is 2.09. The Labute approximate surface area is 124 Å². The highest BCUT2D eigenvalue weighted by molar-refractivity contribution is 5.85. The van der Waals surface area contributed by atoms with E-state index in [1.54, 1.807) is 0 Å². The van der Waals surface area contributed by atoms with Crippen molar-refractivity contribution < 1.29 is 0 Å². The SMILES string of the molecule is N#CC(CNc1ccc2ccccc2c1)c1ccccc1. The average Bonchev–Trinajstić information content (AvgIpc) is 2.56. The summed E-state index contributed by atoms with van der Waals surface area (Å²) < 4.78 is 0. The molecule has 1 N–H and O–H groups in total. The summed E-state index contributed by atoms with van der Waals surface area (Å²) in [5.74, 6) is -0.141. The third kappa shape index (κ3) is 3.04. The number of hydrogen-bond acceptors (Lipinski definition) is 2. The second-order valence-electron chi connectivity index (χ2n) is 5.04. The van der Waals surface area contributed by atoms with Gasteiger partial charge in [0.25, 0.3) is 0 Å². The smallest absolute Gasteiger partial charge is 0.0885 e. The molecule has 0 aliphatic rings. The molecule has 21 heavy (non-hydrogen) atoms. The zero-order chi connectivity index (χ0) is 14.5. The maximum absolute atomic E-state index is 9.34. The predicted octanol–water partition coefficient (Wildman–Crippen LogP) is 4.56. The van der Waals surface area contributed by atoms with Crippen molar-refractivity contribution >= 4 is 16.5 Å². The van der Waals surface area contributed by atoms with Gasteiger partial charge in [0, 0.05) is 12.2 Å². The predicted molar refractivity (Wildman–Crippen MR) is 87.2 cm³/mol. The van der Waals surface area contributed by atoms with Gasteiger partial charge >= 0.3 is 0 Å². The molecule has 3 rings (SSSR count). The van der Waals surface area contributed by atoms with Gasteiger partial charge < -0.3 is 5.32 Å². The normalized spacial score (nSPS) is 11.8. The Morgan fingerprint density at radius 1 is 0.857 bits per heavy atom. The molecule has 0 heterocycles. The number of nitrogens with one attached hydrogen (secondary N) is 1. The van der Waals surface area contributed by atoms with Gasteiger partial charge in [0.15, 0.2) is 0 Å². The standard InChI is InChI=1S/C19H16N2/c20-13-18(15-6-2-1-3-7-15)14-21-19-11-10-16-8-4-5-9-17(16)12-19/h1-12,18,21H,14H2. The summed E-state index contributed by atoms with van der Waals surface area (Å²) in [7, 11) is 0. The Bertz CT molecular complexity index is 772. The molecule has 0 bridgehead atoms. The minimum atomic E-state index is -0.141. The van der Waals surface area contributed by atoms with Gasteiger partial charge in [-0.05, 0) is 28.5 Å². The molecule has 1 unspecified atom stereocenters. The number of nitriles is 1. The van der Waals surface area contributed by atoms with Gasteiger partial charge in [-0.25, -0.2) is 0 Å². The summed E-state index contributed by atoms with van der Waals surface area (Å²) in [5, 5.41) is 15.1. The Morgan fingerprint density at radius 2 is 1.57 bits per heavy atom. The summed E-state index contributed by atoms with van der Waals surface area (Å²) in [4.78, 5) is 0. The van der Waals surface area contributed by atoms with Gasteiger partial charge in [-0.1, -0.05) is 60.7 Å². The fraction of sp³-hybridized carbons (Fsp3) is 0.105. The Hall–Kier alpha value is -2.79.